The highest BCUT2D eigenvalue weighted by Crippen LogP contribution is 2.44. The molecule has 3 nitrogen and oxygen atoms in total. The van der Waals surface area contributed by atoms with Crippen LogP contribution in [0.3, 0.4) is 0 Å². The number of nitrogens with zero attached hydrogens (tertiary/aromatic N) is 1. The average Bonchev–Trinajstić information content (AvgIpc) is 2.94. The Bertz CT molecular complexity index is 460. The number of thioether (sulfide) groups is 1. The normalized spacial score (nSPS) is 31.6. The Morgan fingerprint density at radius 2 is 2.50 bits per heavy atom. The van der Waals surface area contributed by atoms with Crippen LogP contribution in [-0.2, 0) is 11.2 Å². The van der Waals surface area contributed by atoms with E-state index in [4.69, 9.17) is 4.74 Å². The minimum Gasteiger partial charge on any atom is -0.388 e. The summed E-state index contributed by atoms with van der Waals surface area (Å²) in [5.74, 6) is 2.60. The number of aliphatic hydroxyl groups is 1. The maximum Gasteiger partial charge on any atom is 0.0823 e. The van der Waals surface area contributed by atoms with Crippen LogP contribution in [0.15, 0.2) is 18.5 Å². The predicted octanol–water partition coefficient (Wildman–Crippen LogP) is 2.98. The first-order valence-corrected chi connectivity index (χ1v) is 8.72. The minimum absolute atomic E-state index is 0.0357. The molecule has 0 amide bonds. The van der Waals surface area contributed by atoms with Crippen LogP contribution < -0.4 is 0 Å². The fourth-order valence-corrected chi connectivity index (χ4v) is 4.85. The van der Waals surface area contributed by atoms with Gasteiger partial charge in [-0.1, -0.05) is 6.92 Å². The Kier molecular flexibility index (Phi) is 4.34. The van der Waals surface area contributed by atoms with Gasteiger partial charge >= 0.3 is 0 Å². The van der Waals surface area contributed by atoms with Gasteiger partial charge in [0.15, 0.2) is 0 Å². The molecule has 0 aromatic carbocycles. The van der Waals surface area contributed by atoms with Crippen molar-refractivity contribution < 1.29 is 9.84 Å². The van der Waals surface area contributed by atoms with Crippen molar-refractivity contribution in [2.45, 2.75) is 44.3 Å². The van der Waals surface area contributed by atoms with Crippen LogP contribution in [-0.4, -0.2) is 33.8 Å². The summed E-state index contributed by atoms with van der Waals surface area (Å²) in [6.45, 7) is 2.90. The van der Waals surface area contributed by atoms with E-state index in [1.807, 2.05) is 24.0 Å². The number of hydrogen-bond donors (Lipinski definition) is 1. The highest BCUT2D eigenvalue weighted by atomic mass is 32.2. The standard InChI is InChI=1S/C16H23NO2S/c1-2-12-10-17-6-3-14(12)15(18)13-4-7-19-16(9-13)5-8-20-11-16/h3,6,10,13,15,18H,2,4-5,7-9,11H2,1H3. The molecule has 2 aliphatic heterocycles. The van der Waals surface area contributed by atoms with E-state index in [1.165, 1.54) is 11.3 Å². The molecule has 1 spiro atoms. The Morgan fingerprint density at radius 3 is 3.25 bits per heavy atom. The van der Waals surface area contributed by atoms with Crippen molar-refractivity contribution in [3.8, 4) is 0 Å². The summed E-state index contributed by atoms with van der Waals surface area (Å²) in [5.41, 5.74) is 2.27. The molecule has 1 aromatic rings. The maximum atomic E-state index is 10.8. The van der Waals surface area contributed by atoms with E-state index in [2.05, 4.69) is 11.9 Å². The highest BCUT2D eigenvalue weighted by molar-refractivity contribution is 7.99. The second kappa shape index (κ2) is 6.04. The predicted molar refractivity (Wildman–Crippen MR) is 81.9 cm³/mol. The Labute approximate surface area is 125 Å². The van der Waals surface area contributed by atoms with Crippen LogP contribution in [0.2, 0.25) is 0 Å². The van der Waals surface area contributed by atoms with E-state index in [0.29, 0.717) is 5.92 Å². The average molecular weight is 293 g/mol. The van der Waals surface area contributed by atoms with Gasteiger partial charge in [-0.05, 0) is 54.5 Å². The van der Waals surface area contributed by atoms with Crippen LogP contribution >= 0.6 is 11.8 Å². The first-order chi connectivity index (χ1) is 9.74. The second-order valence-corrected chi connectivity index (χ2v) is 7.06. The molecule has 2 saturated heterocycles. The molecule has 4 heteroatoms. The number of aromatic nitrogens is 1. The van der Waals surface area contributed by atoms with Crippen LogP contribution in [0.4, 0.5) is 0 Å². The summed E-state index contributed by atoms with van der Waals surface area (Å²) >= 11 is 1.98. The van der Waals surface area contributed by atoms with Crippen LogP contribution in [0.1, 0.15) is 43.4 Å². The molecule has 3 rings (SSSR count). The van der Waals surface area contributed by atoms with E-state index in [-0.39, 0.29) is 11.7 Å². The van der Waals surface area contributed by atoms with E-state index >= 15 is 0 Å². The number of pyridine rings is 1. The van der Waals surface area contributed by atoms with Crippen molar-refractivity contribution in [3.63, 3.8) is 0 Å². The molecule has 1 N–H and O–H groups in total. The van der Waals surface area contributed by atoms with Crippen molar-refractivity contribution in [2.75, 3.05) is 18.1 Å². The Balaban J connectivity index is 1.77. The molecule has 110 valence electrons. The maximum absolute atomic E-state index is 10.8. The van der Waals surface area contributed by atoms with E-state index in [0.717, 1.165) is 43.6 Å². The molecular formula is C16H23NO2S. The van der Waals surface area contributed by atoms with E-state index < -0.39 is 0 Å². The van der Waals surface area contributed by atoms with Gasteiger partial charge in [-0.15, -0.1) is 0 Å². The smallest absolute Gasteiger partial charge is 0.0823 e. The van der Waals surface area contributed by atoms with Crippen molar-refractivity contribution in [1.82, 2.24) is 4.98 Å². The summed E-state index contributed by atoms with van der Waals surface area (Å²) in [4.78, 5) is 4.18. The van der Waals surface area contributed by atoms with Crippen molar-refractivity contribution in [2.24, 2.45) is 5.92 Å². The fourth-order valence-electron chi connectivity index (χ4n) is 3.47. The van der Waals surface area contributed by atoms with Gasteiger partial charge in [0, 0.05) is 24.8 Å². The molecule has 0 bridgehead atoms. The van der Waals surface area contributed by atoms with Crippen molar-refractivity contribution in [3.05, 3.63) is 29.6 Å². The minimum atomic E-state index is -0.376. The largest absolute Gasteiger partial charge is 0.388 e. The zero-order valence-corrected chi connectivity index (χ0v) is 12.9. The Morgan fingerprint density at radius 1 is 1.60 bits per heavy atom. The second-order valence-electron chi connectivity index (χ2n) is 5.96. The van der Waals surface area contributed by atoms with Gasteiger partial charge in [-0.2, -0.15) is 11.8 Å². The lowest BCUT2D eigenvalue weighted by atomic mass is 9.79. The molecular weight excluding hydrogens is 270 g/mol. The zero-order valence-electron chi connectivity index (χ0n) is 12.0. The lowest BCUT2D eigenvalue weighted by molar-refractivity contribution is -0.102. The molecule has 0 radical (unpaired) electrons. The molecule has 2 fully saturated rings. The van der Waals surface area contributed by atoms with Crippen LogP contribution in [0, 0.1) is 5.92 Å². The van der Waals surface area contributed by atoms with Gasteiger partial charge in [0.25, 0.3) is 0 Å². The van der Waals surface area contributed by atoms with Gasteiger partial charge in [0.1, 0.15) is 0 Å². The highest BCUT2D eigenvalue weighted by Gasteiger charge is 2.42. The summed E-state index contributed by atoms with van der Waals surface area (Å²) in [6, 6.07) is 1.98. The number of rotatable bonds is 3. The monoisotopic (exact) mass is 293 g/mol. The van der Waals surface area contributed by atoms with Crippen molar-refractivity contribution >= 4 is 11.8 Å². The van der Waals surface area contributed by atoms with E-state index in [9.17, 15) is 5.11 Å². The fraction of sp³-hybridized carbons (Fsp3) is 0.688. The zero-order chi connectivity index (χ0) is 14.0. The van der Waals surface area contributed by atoms with Crippen LogP contribution in [0.25, 0.3) is 0 Å². The molecule has 0 saturated carbocycles. The van der Waals surface area contributed by atoms with Gasteiger partial charge in [-0.25, -0.2) is 0 Å². The molecule has 3 heterocycles. The lowest BCUT2D eigenvalue weighted by Crippen LogP contribution is -2.41. The first-order valence-electron chi connectivity index (χ1n) is 7.57. The number of ether oxygens (including phenoxy) is 1. The summed E-state index contributed by atoms with van der Waals surface area (Å²) < 4.78 is 6.05. The molecule has 3 unspecified atom stereocenters. The van der Waals surface area contributed by atoms with Gasteiger partial charge in [0.05, 0.1) is 11.7 Å². The van der Waals surface area contributed by atoms with Crippen LogP contribution in [0.5, 0.6) is 0 Å². The SMILES string of the molecule is CCc1cnccc1C(O)C1CCOC2(CCSC2)C1. The molecule has 0 aliphatic carbocycles. The summed E-state index contributed by atoms with van der Waals surface area (Å²) in [6.07, 6.45) is 7.31. The summed E-state index contributed by atoms with van der Waals surface area (Å²) in [7, 11) is 0. The number of aliphatic hydroxyl groups excluding tert-OH is 1. The van der Waals surface area contributed by atoms with Crippen molar-refractivity contribution in [1.29, 1.82) is 0 Å². The molecule has 2 aliphatic rings. The van der Waals surface area contributed by atoms with Gasteiger partial charge in [-0.3, -0.25) is 4.98 Å². The van der Waals surface area contributed by atoms with Gasteiger partial charge < -0.3 is 9.84 Å². The molecule has 20 heavy (non-hydrogen) atoms. The summed E-state index contributed by atoms with van der Waals surface area (Å²) in [5, 5.41) is 10.8. The third-order valence-electron chi connectivity index (χ3n) is 4.69. The molecule has 3 atom stereocenters. The third-order valence-corrected chi connectivity index (χ3v) is 5.91. The third kappa shape index (κ3) is 2.74. The number of hydrogen-bond acceptors (Lipinski definition) is 4. The quantitative estimate of drug-likeness (QED) is 0.930. The van der Waals surface area contributed by atoms with E-state index in [1.54, 1.807) is 6.20 Å². The molecule has 1 aromatic heterocycles. The first kappa shape index (κ1) is 14.4. The van der Waals surface area contributed by atoms with Gasteiger partial charge in [0.2, 0.25) is 0 Å². The lowest BCUT2D eigenvalue weighted by Gasteiger charge is -2.39. The Hall–Kier alpha value is -0.580. The number of aryl methyl sites for hydroxylation is 1. The topological polar surface area (TPSA) is 42.4 Å².